The first-order chi connectivity index (χ1) is 12.2. The Balaban J connectivity index is 1.68. The lowest BCUT2D eigenvalue weighted by molar-refractivity contribution is -0.127. The third kappa shape index (κ3) is 4.02. The number of carbonyl (C=O) groups excluding carboxylic acids is 1. The van der Waals surface area contributed by atoms with Crippen LogP contribution < -0.4 is 9.47 Å². The van der Waals surface area contributed by atoms with Crippen LogP contribution in [0.4, 0.5) is 0 Å². The highest BCUT2D eigenvalue weighted by Gasteiger charge is 2.22. The Labute approximate surface area is 148 Å². The number of hydrogen-bond donors (Lipinski definition) is 0. The molecule has 0 unspecified atom stereocenters. The molecule has 4 heteroatoms. The fraction of sp³-hybridized carbons (Fsp3) is 0.286. The molecule has 1 aliphatic rings. The van der Waals surface area contributed by atoms with Crippen LogP contribution in [0.2, 0.25) is 0 Å². The minimum Gasteiger partial charge on any atom is -0.496 e. The summed E-state index contributed by atoms with van der Waals surface area (Å²) in [4.78, 5) is 13.4. The zero-order valence-corrected chi connectivity index (χ0v) is 14.5. The number of likely N-dealkylation sites (tertiary alicyclic amines) is 1. The Hall–Kier alpha value is -2.75. The fourth-order valence-corrected chi connectivity index (χ4v) is 3.12. The highest BCUT2D eigenvalue weighted by molar-refractivity contribution is 5.87. The summed E-state index contributed by atoms with van der Waals surface area (Å²) in [6, 6.07) is 16.1. The normalized spacial score (nSPS) is 14.8. The summed E-state index contributed by atoms with van der Waals surface area (Å²) in [6.45, 7) is 4.94. The molecular weight excluding hydrogens is 314 g/mol. The third-order valence-electron chi connectivity index (χ3n) is 4.49. The van der Waals surface area contributed by atoms with E-state index in [4.69, 9.17) is 9.47 Å². The molecule has 0 aromatic heterocycles. The number of methoxy groups -OCH3 is 1. The Morgan fingerprint density at radius 3 is 2.52 bits per heavy atom. The second kappa shape index (κ2) is 7.88. The van der Waals surface area contributed by atoms with Gasteiger partial charge in [0, 0.05) is 37.6 Å². The van der Waals surface area contributed by atoms with Crippen LogP contribution in [0.1, 0.15) is 12.8 Å². The van der Waals surface area contributed by atoms with Gasteiger partial charge in [0.15, 0.2) is 0 Å². The van der Waals surface area contributed by atoms with E-state index in [1.54, 1.807) is 7.11 Å². The topological polar surface area (TPSA) is 38.8 Å². The first-order valence-corrected chi connectivity index (χ1v) is 8.52. The maximum atomic E-state index is 11.6. The molecule has 0 spiro atoms. The van der Waals surface area contributed by atoms with Crippen LogP contribution in [-0.2, 0) is 4.79 Å². The van der Waals surface area contributed by atoms with Crippen LogP contribution >= 0.6 is 0 Å². The summed E-state index contributed by atoms with van der Waals surface area (Å²) in [5.41, 5.74) is 2.16. The van der Waals surface area contributed by atoms with E-state index in [9.17, 15) is 4.79 Å². The smallest absolute Gasteiger partial charge is 0.245 e. The van der Waals surface area contributed by atoms with E-state index >= 15 is 0 Å². The molecule has 25 heavy (non-hydrogen) atoms. The number of hydrogen-bond acceptors (Lipinski definition) is 3. The Kier molecular flexibility index (Phi) is 5.39. The molecule has 3 rings (SSSR count). The van der Waals surface area contributed by atoms with Gasteiger partial charge in [-0.05, 0) is 23.8 Å². The van der Waals surface area contributed by atoms with Gasteiger partial charge in [-0.25, -0.2) is 0 Å². The summed E-state index contributed by atoms with van der Waals surface area (Å²) in [5.74, 6) is 1.58. The highest BCUT2D eigenvalue weighted by atomic mass is 16.5. The molecule has 0 radical (unpaired) electrons. The largest absolute Gasteiger partial charge is 0.496 e. The summed E-state index contributed by atoms with van der Waals surface area (Å²) in [7, 11) is 1.67. The van der Waals surface area contributed by atoms with E-state index in [2.05, 4.69) is 18.7 Å². The molecule has 2 aromatic rings. The average molecular weight is 337 g/mol. The van der Waals surface area contributed by atoms with Crippen molar-refractivity contribution in [1.82, 2.24) is 4.90 Å². The monoisotopic (exact) mass is 337 g/mol. The van der Waals surface area contributed by atoms with E-state index in [-0.39, 0.29) is 12.0 Å². The maximum absolute atomic E-state index is 11.6. The predicted molar refractivity (Wildman–Crippen MR) is 98.9 cm³/mol. The first-order valence-electron chi connectivity index (χ1n) is 8.52. The molecular formula is C21H23NO3. The molecule has 130 valence electrons. The summed E-state index contributed by atoms with van der Waals surface area (Å²) >= 11 is 0. The van der Waals surface area contributed by atoms with Gasteiger partial charge in [-0.3, -0.25) is 4.79 Å². The van der Waals surface area contributed by atoms with Crippen molar-refractivity contribution in [2.45, 2.75) is 18.9 Å². The van der Waals surface area contributed by atoms with Crippen LogP contribution in [0.5, 0.6) is 11.5 Å². The zero-order valence-electron chi connectivity index (χ0n) is 14.5. The van der Waals surface area contributed by atoms with Gasteiger partial charge in [-0.2, -0.15) is 0 Å². The third-order valence-corrected chi connectivity index (χ3v) is 4.49. The number of rotatable bonds is 5. The predicted octanol–water partition coefficient (Wildman–Crippen LogP) is 3.92. The molecule has 1 aliphatic heterocycles. The molecule has 2 aromatic carbocycles. The van der Waals surface area contributed by atoms with Gasteiger partial charge in [0.25, 0.3) is 0 Å². The zero-order chi connectivity index (χ0) is 17.6. The number of amides is 1. The lowest BCUT2D eigenvalue weighted by Gasteiger charge is -2.31. The molecule has 1 amide bonds. The highest BCUT2D eigenvalue weighted by Crippen LogP contribution is 2.34. The van der Waals surface area contributed by atoms with Crippen molar-refractivity contribution < 1.29 is 14.3 Å². The average Bonchev–Trinajstić information content (AvgIpc) is 2.68. The van der Waals surface area contributed by atoms with Gasteiger partial charge in [-0.15, -0.1) is 0 Å². The second-order valence-electron chi connectivity index (χ2n) is 6.07. The molecule has 0 saturated carbocycles. The van der Waals surface area contributed by atoms with Crippen molar-refractivity contribution in [1.29, 1.82) is 0 Å². The van der Waals surface area contributed by atoms with Crippen LogP contribution in [-0.4, -0.2) is 37.1 Å². The first kappa shape index (κ1) is 17.1. The lowest BCUT2D eigenvalue weighted by Crippen LogP contribution is -2.41. The standard InChI is InChI=1S/C21H23NO3/c1-3-21(23)22-13-11-17(12-14-22)25-18-9-10-19(20(15-18)24-2)16-7-5-4-6-8-16/h3-10,15,17H,1,11-14H2,2H3. The Bertz CT molecular complexity index is 734. The second-order valence-corrected chi connectivity index (χ2v) is 6.07. The van der Waals surface area contributed by atoms with Crippen molar-refractivity contribution >= 4 is 5.91 Å². The van der Waals surface area contributed by atoms with Gasteiger partial charge in [0.2, 0.25) is 5.91 Å². The van der Waals surface area contributed by atoms with Crippen molar-refractivity contribution in [2.75, 3.05) is 20.2 Å². The van der Waals surface area contributed by atoms with E-state index < -0.39 is 0 Å². The number of piperidine rings is 1. The molecule has 0 atom stereocenters. The molecule has 0 aliphatic carbocycles. The van der Waals surface area contributed by atoms with Crippen molar-refractivity contribution in [3.05, 3.63) is 61.2 Å². The van der Waals surface area contributed by atoms with Gasteiger partial charge in [0.1, 0.15) is 17.6 Å². The SMILES string of the molecule is C=CC(=O)N1CCC(Oc2ccc(-c3ccccc3)c(OC)c2)CC1. The van der Waals surface area contributed by atoms with Gasteiger partial charge in [-0.1, -0.05) is 36.9 Å². The fourth-order valence-electron chi connectivity index (χ4n) is 3.12. The van der Waals surface area contributed by atoms with Gasteiger partial charge >= 0.3 is 0 Å². The lowest BCUT2D eigenvalue weighted by atomic mass is 10.0. The summed E-state index contributed by atoms with van der Waals surface area (Å²) in [6.07, 6.45) is 3.13. The van der Waals surface area contributed by atoms with Gasteiger partial charge in [0.05, 0.1) is 7.11 Å². The van der Waals surface area contributed by atoms with Crippen molar-refractivity contribution in [3.63, 3.8) is 0 Å². The molecule has 1 heterocycles. The van der Waals surface area contributed by atoms with Crippen molar-refractivity contribution in [3.8, 4) is 22.6 Å². The van der Waals surface area contributed by atoms with E-state index in [1.807, 2.05) is 41.3 Å². The number of nitrogens with zero attached hydrogens (tertiary/aromatic N) is 1. The molecule has 0 N–H and O–H groups in total. The van der Waals surface area contributed by atoms with Crippen molar-refractivity contribution in [2.24, 2.45) is 0 Å². The Morgan fingerprint density at radius 1 is 1.16 bits per heavy atom. The van der Waals surface area contributed by atoms with Crippen LogP contribution in [0, 0.1) is 0 Å². The molecule has 1 saturated heterocycles. The molecule has 4 nitrogen and oxygen atoms in total. The number of ether oxygens (including phenoxy) is 2. The van der Waals surface area contributed by atoms with Gasteiger partial charge < -0.3 is 14.4 Å². The molecule has 1 fully saturated rings. The molecule has 0 bridgehead atoms. The van der Waals surface area contributed by atoms with Crippen LogP contribution in [0.15, 0.2) is 61.2 Å². The number of benzene rings is 2. The van der Waals surface area contributed by atoms with E-state index in [1.165, 1.54) is 6.08 Å². The van der Waals surface area contributed by atoms with E-state index in [0.717, 1.165) is 35.5 Å². The minimum absolute atomic E-state index is 0.00710. The van der Waals surface area contributed by atoms with E-state index in [0.29, 0.717) is 13.1 Å². The summed E-state index contributed by atoms with van der Waals surface area (Å²) < 4.78 is 11.7. The quantitative estimate of drug-likeness (QED) is 0.776. The summed E-state index contributed by atoms with van der Waals surface area (Å²) in [5, 5.41) is 0. The maximum Gasteiger partial charge on any atom is 0.245 e. The van der Waals surface area contributed by atoms with Crippen LogP contribution in [0.3, 0.4) is 0 Å². The Morgan fingerprint density at radius 2 is 1.88 bits per heavy atom. The van der Waals surface area contributed by atoms with Crippen LogP contribution in [0.25, 0.3) is 11.1 Å². The minimum atomic E-state index is -0.00710. The number of carbonyl (C=O) groups is 1.